The van der Waals surface area contributed by atoms with Crippen LogP contribution in [0.5, 0.6) is 5.75 Å². The smallest absolute Gasteiger partial charge is 0.311 e. The molecule has 1 atom stereocenters. The largest absolute Gasteiger partial charge is 0.494 e. The van der Waals surface area contributed by atoms with E-state index in [1.54, 1.807) is 6.07 Å². The Bertz CT molecular complexity index is 614. The number of nitro groups is 1. The van der Waals surface area contributed by atoms with Crippen LogP contribution in [0.2, 0.25) is 0 Å². The molecule has 1 unspecified atom stereocenters. The quantitative estimate of drug-likeness (QED) is 0.649. The van der Waals surface area contributed by atoms with Crippen LogP contribution in [0.1, 0.15) is 25.5 Å². The van der Waals surface area contributed by atoms with Crippen molar-refractivity contribution in [1.82, 2.24) is 4.98 Å². The Labute approximate surface area is 122 Å². The number of ether oxygens (including phenoxy) is 1. The summed E-state index contributed by atoms with van der Waals surface area (Å²) in [5, 5.41) is 14.0. The Morgan fingerprint density at radius 1 is 1.33 bits per heavy atom. The average Bonchev–Trinajstić information content (AvgIpc) is 2.48. The highest BCUT2D eigenvalue weighted by atomic mass is 16.6. The molecule has 0 aliphatic heterocycles. The van der Waals surface area contributed by atoms with E-state index in [2.05, 4.69) is 10.3 Å². The molecule has 1 N–H and O–H groups in total. The molecule has 0 aliphatic carbocycles. The van der Waals surface area contributed by atoms with Gasteiger partial charge in [0.25, 0.3) is 0 Å². The normalized spacial score (nSPS) is 11.7. The molecule has 0 radical (unpaired) electrons. The highest BCUT2D eigenvalue weighted by molar-refractivity contribution is 5.56. The van der Waals surface area contributed by atoms with E-state index in [0.717, 1.165) is 11.3 Å². The molecule has 0 fully saturated rings. The number of anilines is 1. The van der Waals surface area contributed by atoms with E-state index in [0.29, 0.717) is 6.61 Å². The Hall–Kier alpha value is -2.63. The van der Waals surface area contributed by atoms with Crippen LogP contribution >= 0.6 is 0 Å². The number of pyridine rings is 1. The number of hydrogen-bond donors (Lipinski definition) is 1. The van der Waals surface area contributed by atoms with Gasteiger partial charge in [0.2, 0.25) is 5.82 Å². The zero-order chi connectivity index (χ0) is 15.2. The van der Waals surface area contributed by atoms with Gasteiger partial charge >= 0.3 is 5.69 Å². The van der Waals surface area contributed by atoms with E-state index in [1.807, 2.05) is 38.1 Å². The fraction of sp³-hybridized carbons (Fsp3) is 0.267. The number of nitrogens with zero attached hydrogens (tertiary/aromatic N) is 2. The van der Waals surface area contributed by atoms with E-state index in [4.69, 9.17) is 4.74 Å². The van der Waals surface area contributed by atoms with Crippen LogP contribution in [0.4, 0.5) is 11.5 Å². The van der Waals surface area contributed by atoms with Crippen molar-refractivity contribution in [2.75, 3.05) is 11.9 Å². The molecule has 0 aliphatic rings. The first-order chi connectivity index (χ1) is 10.1. The summed E-state index contributed by atoms with van der Waals surface area (Å²) < 4.78 is 5.39. The molecule has 1 heterocycles. The topological polar surface area (TPSA) is 77.3 Å². The fourth-order valence-electron chi connectivity index (χ4n) is 1.96. The van der Waals surface area contributed by atoms with E-state index >= 15 is 0 Å². The van der Waals surface area contributed by atoms with Crippen LogP contribution in [0.15, 0.2) is 42.6 Å². The lowest BCUT2D eigenvalue weighted by molar-refractivity contribution is -0.384. The zero-order valence-corrected chi connectivity index (χ0v) is 11.9. The maximum atomic E-state index is 11.0. The highest BCUT2D eigenvalue weighted by Gasteiger charge is 2.16. The van der Waals surface area contributed by atoms with Crippen molar-refractivity contribution in [1.29, 1.82) is 0 Å². The molecule has 0 amide bonds. The summed E-state index contributed by atoms with van der Waals surface area (Å²) in [6, 6.07) is 10.5. The van der Waals surface area contributed by atoms with Gasteiger partial charge in [0, 0.05) is 12.3 Å². The SMILES string of the molecule is CCOc1ccc(C(C)Nc2ncccc2[N+](=O)[O-])cc1. The van der Waals surface area contributed by atoms with Crippen LogP contribution in [-0.4, -0.2) is 16.5 Å². The number of hydrogen-bond acceptors (Lipinski definition) is 5. The number of rotatable bonds is 6. The van der Waals surface area contributed by atoms with Gasteiger partial charge in [-0.05, 0) is 37.6 Å². The molecule has 21 heavy (non-hydrogen) atoms. The van der Waals surface area contributed by atoms with Gasteiger partial charge in [-0.25, -0.2) is 4.98 Å². The van der Waals surface area contributed by atoms with E-state index in [9.17, 15) is 10.1 Å². The maximum absolute atomic E-state index is 11.0. The lowest BCUT2D eigenvalue weighted by atomic mass is 10.1. The number of benzene rings is 1. The predicted molar refractivity (Wildman–Crippen MR) is 80.5 cm³/mol. The van der Waals surface area contributed by atoms with Crippen molar-refractivity contribution in [3.05, 3.63) is 58.3 Å². The Kier molecular flexibility index (Phi) is 4.71. The summed E-state index contributed by atoms with van der Waals surface area (Å²) >= 11 is 0. The highest BCUT2D eigenvalue weighted by Crippen LogP contribution is 2.26. The van der Waals surface area contributed by atoms with Gasteiger partial charge in [-0.2, -0.15) is 0 Å². The van der Waals surface area contributed by atoms with Crippen LogP contribution in [0.25, 0.3) is 0 Å². The minimum Gasteiger partial charge on any atom is -0.494 e. The molecular weight excluding hydrogens is 270 g/mol. The second kappa shape index (κ2) is 6.69. The first-order valence-electron chi connectivity index (χ1n) is 6.70. The summed E-state index contributed by atoms with van der Waals surface area (Å²) in [4.78, 5) is 14.6. The molecule has 2 aromatic rings. The van der Waals surface area contributed by atoms with E-state index in [-0.39, 0.29) is 17.5 Å². The third-order valence-corrected chi connectivity index (χ3v) is 3.03. The van der Waals surface area contributed by atoms with Gasteiger partial charge in [0.05, 0.1) is 17.6 Å². The molecular formula is C15H17N3O3. The van der Waals surface area contributed by atoms with Crippen LogP contribution in [0, 0.1) is 10.1 Å². The van der Waals surface area contributed by atoms with Gasteiger partial charge in [-0.3, -0.25) is 10.1 Å². The van der Waals surface area contributed by atoms with Crippen molar-refractivity contribution in [3.63, 3.8) is 0 Å². The molecule has 1 aromatic heterocycles. The van der Waals surface area contributed by atoms with Crippen molar-refractivity contribution < 1.29 is 9.66 Å². The molecule has 0 spiro atoms. The van der Waals surface area contributed by atoms with Gasteiger partial charge in [0.1, 0.15) is 5.75 Å². The fourth-order valence-corrected chi connectivity index (χ4v) is 1.96. The molecule has 0 saturated heterocycles. The monoisotopic (exact) mass is 287 g/mol. The molecule has 0 saturated carbocycles. The maximum Gasteiger partial charge on any atom is 0.311 e. The summed E-state index contributed by atoms with van der Waals surface area (Å²) in [6.45, 7) is 4.47. The van der Waals surface area contributed by atoms with Crippen LogP contribution < -0.4 is 10.1 Å². The third kappa shape index (κ3) is 3.68. The first kappa shape index (κ1) is 14.8. The lowest BCUT2D eigenvalue weighted by Crippen LogP contribution is -2.09. The van der Waals surface area contributed by atoms with E-state index < -0.39 is 4.92 Å². The molecule has 110 valence electrons. The first-order valence-corrected chi connectivity index (χ1v) is 6.70. The molecule has 1 aromatic carbocycles. The van der Waals surface area contributed by atoms with Crippen molar-refractivity contribution in [2.45, 2.75) is 19.9 Å². The van der Waals surface area contributed by atoms with Gasteiger partial charge < -0.3 is 10.1 Å². The van der Waals surface area contributed by atoms with Crippen LogP contribution in [0.3, 0.4) is 0 Å². The standard InChI is InChI=1S/C15H17N3O3/c1-3-21-13-8-6-12(7-9-13)11(2)17-15-14(18(19)20)5-4-10-16-15/h4-11H,3H2,1-2H3,(H,16,17). The lowest BCUT2D eigenvalue weighted by Gasteiger charge is -2.15. The van der Waals surface area contributed by atoms with Gasteiger partial charge in [-0.1, -0.05) is 12.1 Å². The summed E-state index contributed by atoms with van der Waals surface area (Å²) in [7, 11) is 0. The van der Waals surface area contributed by atoms with Gasteiger partial charge in [0.15, 0.2) is 0 Å². The second-order valence-corrected chi connectivity index (χ2v) is 4.50. The van der Waals surface area contributed by atoms with Crippen molar-refractivity contribution in [3.8, 4) is 5.75 Å². The summed E-state index contributed by atoms with van der Waals surface area (Å²) in [5.74, 6) is 1.07. The van der Waals surface area contributed by atoms with Gasteiger partial charge in [-0.15, -0.1) is 0 Å². The van der Waals surface area contributed by atoms with E-state index in [1.165, 1.54) is 12.3 Å². The third-order valence-electron chi connectivity index (χ3n) is 3.03. The Morgan fingerprint density at radius 2 is 2.05 bits per heavy atom. The van der Waals surface area contributed by atoms with Crippen molar-refractivity contribution in [2.24, 2.45) is 0 Å². The summed E-state index contributed by atoms with van der Waals surface area (Å²) in [6.07, 6.45) is 1.53. The Morgan fingerprint density at radius 3 is 2.67 bits per heavy atom. The minimum absolute atomic E-state index is 0.0321. The molecule has 0 bridgehead atoms. The molecule has 2 rings (SSSR count). The molecule has 6 heteroatoms. The number of aromatic nitrogens is 1. The zero-order valence-electron chi connectivity index (χ0n) is 11.9. The number of nitrogens with one attached hydrogen (secondary N) is 1. The van der Waals surface area contributed by atoms with Crippen molar-refractivity contribution >= 4 is 11.5 Å². The second-order valence-electron chi connectivity index (χ2n) is 4.50. The minimum atomic E-state index is -0.444. The van der Waals surface area contributed by atoms with Crippen LogP contribution in [-0.2, 0) is 0 Å². The molecule has 6 nitrogen and oxygen atoms in total. The Balaban J connectivity index is 2.14. The summed E-state index contributed by atoms with van der Waals surface area (Å²) in [5.41, 5.74) is 0.966. The average molecular weight is 287 g/mol. The predicted octanol–water partition coefficient (Wildman–Crippen LogP) is 3.56.